The Morgan fingerprint density at radius 1 is 1.00 bits per heavy atom. The molecule has 3 rings (SSSR count). The van der Waals surface area contributed by atoms with Gasteiger partial charge in [0.05, 0.1) is 22.4 Å². The van der Waals surface area contributed by atoms with Gasteiger partial charge in [-0.15, -0.1) is 0 Å². The van der Waals surface area contributed by atoms with Crippen LogP contribution in [0.5, 0.6) is 0 Å². The molecule has 0 bridgehead atoms. The van der Waals surface area contributed by atoms with Crippen molar-refractivity contribution in [3.8, 4) is 0 Å². The molecule has 25 heavy (non-hydrogen) atoms. The molecular formula is C21H21N3O. The van der Waals surface area contributed by atoms with Crippen LogP contribution in [0.25, 0.3) is 17.1 Å². The number of benzene rings is 2. The summed E-state index contributed by atoms with van der Waals surface area (Å²) < 4.78 is 0. The monoisotopic (exact) mass is 331 g/mol. The summed E-state index contributed by atoms with van der Waals surface area (Å²) >= 11 is 0. The van der Waals surface area contributed by atoms with Crippen molar-refractivity contribution < 1.29 is 4.79 Å². The van der Waals surface area contributed by atoms with Gasteiger partial charge < -0.3 is 5.32 Å². The zero-order valence-electron chi connectivity index (χ0n) is 14.5. The lowest BCUT2D eigenvalue weighted by Crippen LogP contribution is -2.24. The zero-order valence-corrected chi connectivity index (χ0v) is 14.5. The molecule has 1 aromatic heterocycles. The summed E-state index contributed by atoms with van der Waals surface area (Å²) in [6.45, 7) is 4.46. The van der Waals surface area contributed by atoms with Crippen molar-refractivity contribution in [2.75, 3.05) is 6.54 Å². The standard InChI is InChI=1S/C21H21N3O/c1-15-16(2)24-20-14-18(11-12-19(20)23-15)21(25)22-13-7-6-10-17-8-4-3-5-9-17/h3-6,8-12,14H,7,13H2,1-2H3,(H,22,25)/b10-6+. The largest absolute Gasteiger partial charge is 0.352 e. The van der Waals surface area contributed by atoms with E-state index >= 15 is 0 Å². The normalized spacial score (nSPS) is 11.1. The lowest BCUT2D eigenvalue weighted by molar-refractivity contribution is 0.0954. The quantitative estimate of drug-likeness (QED) is 0.717. The molecule has 0 radical (unpaired) electrons. The van der Waals surface area contributed by atoms with E-state index in [0.29, 0.717) is 12.1 Å². The van der Waals surface area contributed by atoms with Crippen molar-refractivity contribution in [1.82, 2.24) is 15.3 Å². The number of hydrogen-bond acceptors (Lipinski definition) is 3. The van der Waals surface area contributed by atoms with Crippen LogP contribution in [0.15, 0.2) is 54.6 Å². The molecule has 1 heterocycles. The van der Waals surface area contributed by atoms with Crippen molar-refractivity contribution in [2.45, 2.75) is 20.3 Å². The lowest BCUT2D eigenvalue weighted by Gasteiger charge is -2.06. The molecule has 0 fully saturated rings. The van der Waals surface area contributed by atoms with E-state index in [1.807, 2.05) is 38.1 Å². The summed E-state index contributed by atoms with van der Waals surface area (Å²) in [5.74, 6) is -0.0879. The second-order valence-electron chi connectivity index (χ2n) is 5.96. The molecule has 0 atom stereocenters. The fraction of sp³-hybridized carbons (Fsp3) is 0.190. The van der Waals surface area contributed by atoms with Crippen molar-refractivity contribution >= 4 is 23.0 Å². The van der Waals surface area contributed by atoms with Gasteiger partial charge in [-0.2, -0.15) is 0 Å². The van der Waals surface area contributed by atoms with Gasteiger partial charge in [-0.25, -0.2) is 9.97 Å². The Balaban J connectivity index is 1.59. The third kappa shape index (κ3) is 4.29. The predicted octanol–water partition coefficient (Wildman–Crippen LogP) is 4.08. The van der Waals surface area contributed by atoms with Gasteiger partial charge >= 0.3 is 0 Å². The summed E-state index contributed by atoms with van der Waals surface area (Å²) in [6, 6.07) is 15.5. The molecule has 0 aliphatic carbocycles. The second-order valence-corrected chi connectivity index (χ2v) is 5.96. The summed E-state index contributed by atoms with van der Waals surface area (Å²) in [6.07, 6.45) is 4.91. The highest BCUT2D eigenvalue weighted by Crippen LogP contribution is 2.14. The molecule has 4 heteroatoms. The molecule has 0 saturated carbocycles. The summed E-state index contributed by atoms with van der Waals surface area (Å²) in [5.41, 5.74) is 5.13. The van der Waals surface area contributed by atoms with E-state index in [9.17, 15) is 4.79 Å². The Morgan fingerprint density at radius 3 is 2.48 bits per heavy atom. The Labute approximate surface area is 147 Å². The topological polar surface area (TPSA) is 54.9 Å². The van der Waals surface area contributed by atoms with E-state index in [1.165, 1.54) is 0 Å². The van der Waals surface area contributed by atoms with E-state index < -0.39 is 0 Å². The van der Waals surface area contributed by atoms with E-state index in [2.05, 4.69) is 39.6 Å². The summed E-state index contributed by atoms with van der Waals surface area (Å²) in [5, 5.41) is 2.94. The van der Waals surface area contributed by atoms with Crippen LogP contribution in [-0.4, -0.2) is 22.4 Å². The van der Waals surface area contributed by atoms with Crippen LogP contribution in [0.1, 0.15) is 33.7 Å². The number of aryl methyl sites for hydroxylation is 2. The molecule has 0 spiro atoms. The fourth-order valence-corrected chi connectivity index (χ4v) is 2.53. The van der Waals surface area contributed by atoms with Crippen molar-refractivity contribution in [2.24, 2.45) is 0 Å². The minimum Gasteiger partial charge on any atom is -0.352 e. The van der Waals surface area contributed by atoms with Crippen LogP contribution in [0.2, 0.25) is 0 Å². The molecule has 0 unspecified atom stereocenters. The molecule has 0 saturated heterocycles. The maximum absolute atomic E-state index is 12.3. The second kappa shape index (κ2) is 7.71. The first-order valence-corrected chi connectivity index (χ1v) is 8.38. The van der Waals surface area contributed by atoms with Crippen molar-refractivity contribution in [3.63, 3.8) is 0 Å². The third-order valence-corrected chi connectivity index (χ3v) is 4.04. The van der Waals surface area contributed by atoms with Crippen LogP contribution < -0.4 is 5.32 Å². The van der Waals surface area contributed by atoms with Gasteiger partial charge in [0.15, 0.2) is 0 Å². The number of nitrogens with one attached hydrogen (secondary N) is 1. The molecule has 1 amide bonds. The number of rotatable bonds is 5. The molecular weight excluding hydrogens is 310 g/mol. The first-order valence-electron chi connectivity index (χ1n) is 8.38. The van der Waals surface area contributed by atoms with Gasteiger partial charge in [-0.3, -0.25) is 4.79 Å². The average Bonchev–Trinajstić information content (AvgIpc) is 2.63. The first-order chi connectivity index (χ1) is 12.1. The number of hydrogen-bond donors (Lipinski definition) is 1. The minimum absolute atomic E-state index is 0.0879. The van der Waals surface area contributed by atoms with E-state index in [0.717, 1.165) is 34.4 Å². The van der Waals surface area contributed by atoms with Crippen LogP contribution in [-0.2, 0) is 0 Å². The Kier molecular flexibility index (Phi) is 5.19. The van der Waals surface area contributed by atoms with E-state index in [4.69, 9.17) is 0 Å². The van der Waals surface area contributed by atoms with Gasteiger partial charge in [-0.1, -0.05) is 42.5 Å². The SMILES string of the molecule is Cc1nc2ccc(C(=O)NCC/C=C/c3ccccc3)cc2nc1C. The van der Waals surface area contributed by atoms with Gasteiger partial charge in [0.25, 0.3) is 5.91 Å². The van der Waals surface area contributed by atoms with Crippen LogP contribution in [0.4, 0.5) is 0 Å². The van der Waals surface area contributed by atoms with Crippen LogP contribution >= 0.6 is 0 Å². The maximum atomic E-state index is 12.3. The third-order valence-electron chi connectivity index (χ3n) is 4.04. The molecule has 126 valence electrons. The van der Waals surface area contributed by atoms with Gasteiger partial charge in [0, 0.05) is 12.1 Å². The zero-order chi connectivity index (χ0) is 17.6. The molecule has 4 nitrogen and oxygen atoms in total. The Morgan fingerprint density at radius 2 is 1.72 bits per heavy atom. The number of nitrogens with zero attached hydrogens (tertiary/aromatic N) is 2. The molecule has 3 aromatic rings. The number of carbonyl (C=O) groups excluding carboxylic acids is 1. The lowest BCUT2D eigenvalue weighted by atomic mass is 10.1. The van der Waals surface area contributed by atoms with Gasteiger partial charge in [-0.05, 0) is 44.0 Å². The van der Waals surface area contributed by atoms with Crippen molar-refractivity contribution in [3.05, 3.63) is 77.1 Å². The smallest absolute Gasteiger partial charge is 0.251 e. The number of aromatic nitrogens is 2. The van der Waals surface area contributed by atoms with Crippen LogP contribution in [0.3, 0.4) is 0 Å². The maximum Gasteiger partial charge on any atom is 0.251 e. The first kappa shape index (κ1) is 16.8. The number of carbonyl (C=O) groups is 1. The Hall–Kier alpha value is -3.01. The molecule has 0 aliphatic heterocycles. The molecule has 0 aliphatic rings. The van der Waals surface area contributed by atoms with E-state index in [-0.39, 0.29) is 5.91 Å². The van der Waals surface area contributed by atoms with Gasteiger partial charge in [0.1, 0.15) is 0 Å². The minimum atomic E-state index is -0.0879. The molecule has 1 N–H and O–H groups in total. The number of amides is 1. The Bertz CT molecular complexity index is 917. The van der Waals surface area contributed by atoms with Gasteiger partial charge in [0.2, 0.25) is 0 Å². The van der Waals surface area contributed by atoms with Crippen LogP contribution in [0, 0.1) is 13.8 Å². The van der Waals surface area contributed by atoms with Crippen molar-refractivity contribution in [1.29, 1.82) is 0 Å². The highest BCUT2D eigenvalue weighted by Gasteiger charge is 2.08. The number of fused-ring (bicyclic) bond motifs is 1. The average molecular weight is 331 g/mol. The van der Waals surface area contributed by atoms with E-state index in [1.54, 1.807) is 12.1 Å². The predicted molar refractivity (Wildman–Crippen MR) is 101 cm³/mol. The highest BCUT2D eigenvalue weighted by atomic mass is 16.1. The molecule has 2 aromatic carbocycles. The highest BCUT2D eigenvalue weighted by molar-refractivity contribution is 5.97. The summed E-state index contributed by atoms with van der Waals surface area (Å²) in [7, 11) is 0. The summed E-state index contributed by atoms with van der Waals surface area (Å²) in [4.78, 5) is 21.3. The fourth-order valence-electron chi connectivity index (χ4n) is 2.53.